The van der Waals surface area contributed by atoms with Crippen molar-refractivity contribution >= 4 is 17.7 Å². The zero-order valence-electron chi connectivity index (χ0n) is 11.1. The number of thioether (sulfide) groups is 1. The Morgan fingerprint density at radius 2 is 2.06 bits per heavy atom. The maximum absolute atomic E-state index is 12.1. The predicted octanol–water partition coefficient (Wildman–Crippen LogP) is 1.99. The summed E-state index contributed by atoms with van der Waals surface area (Å²) in [7, 11) is 0. The molecule has 0 spiro atoms. The number of nitrogens with one attached hydrogen (secondary N) is 1. The third-order valence-electron chi connectivity index (χ3n) is 2.71. The Balaban J connectivity index is 2.58. The van der Waals surface area contributed by atoms with E-state index in [4.69, 9.17) is 5.73 Å². The van der Waals surface area contributed by atoms with E-state index in [-0.39, 0.29) is 17.9 Å². The molecule has 100 valence electrons. The van der Waals surface area contributed by atoms with Crippen molar-refractivity contribution in [1.29, 1.82) is 0 Å². The van der Waals surface area contributed by atoms with E-state index in [1.807, 2.05) is 49.0 Å². The van der Waals surface area contributed by atoms with Crippen LogP contribution in [0.5, 0.6) is 0 Å². The number of hydrogen-bond acceptors (Lipinski definition) is 3. The summed E-state index contributed by atoms with van der Waals surface area (Å²) in [5.41, 5.74) is 6.70. The van der Waals surface area contributed by atoms with Crippen LogP contribution in [0.3, 0.4) is 0 Å². The first-order valence-electron chi connectivity index (χ1n) is 6.32. The second-order valence-electron chi connectivity index (χ2n) is 4.27. The molecule has 0 saturated heterocycles. The molecule has 3 nitrogen and oxygen atoms in total. The van der Waals surface area contributed by atoms with Gasteiger partial charge in [0.25, 0.3) is 0 Å². The highest BCUT2D eigenvalue weighted by atomic mass is 32.2. The lowest BCUT2D eigenvalue weighted by molar-refractivity contribution is -0.122. The Morgan fingerprint density at radius 1 is 1.39 bits per heavy atom. The molecule has 2 unspecified atom stereocenters. The fraction of sp³-hybridized carbons (Fsp3) is 0.500. The Morgan fingerprint density at radius 3 is 2.61 bits per heavy atom. The van der Waals surface area contributed by atoms with Crippen LogP contribution in [-0.2, 0) is 4.79 Å². The molecule has 1 aromatic carbocycles. The van der Waals surface area contributed by atoms with Crippen molar-refractivity contribution in [2.45, 2.75) is 25.8 Å². The lowest BCUT2D eigenvalue weighted by Gasteiger charge is -2.19. The van der Waals surface area contributed by atoms with Crippen LogP contribution >= 0.6 is 11.8 Å². The van der Waals surface area contributed by atoms with Crippen LogP contribution in [-0.4, -0.2) is 30.0 Å². The molecule has 0 radical (unpaired) electrons. The van der Waals surface area contributed by atoms with Gasteiger partial charge in [-0.1, -0.05) is 37.3 Å². The summed E-state index contributed by atoms with van der Waals surface area (Å²) in [6.07, 6.45) is 0. The first-order valence-corrected chi connectivity index (χ1v) is 7.47. The van der Waals surface area contributed by atoms with Crippen LogP contribution < -0.4 is 11.1 Å². The zero-order valence-corrected chi connectivity index (χ0v) is 11.9. The summed E-state index contributed by atoms with van der Waals surface area (Å²) in [6, 6.07) is 9.88. The van der Waals surface area contributed by atoms with Crippen molar-refractivity contribution in [3.05, 3.63) is 35.9 Å². The van der Waals surface area contributed by atoms with E-state index in [1.54, 1.807) is 0 Å². The molecule has 0 aliphatic heterocycles. The van der Waals surface area contributed by atoms with Crippen molar-refractivity contribution in [1.82, 2.24) is 5.32 Å². The highest BCUT2D eigenvalue weighted by molar-refractivity contribution is 7.99. The molecule has 3 N–H and O–H groups in total. The van der Waals surface area contributed by atoms with Crippen LogP contribution in [0.1, 0.15) is 25.3 Å². The van der Waals surface area contributed by atoms with Gasteiger partial charge >= 0.3 is 0 Å². The Hall–Kier alpha value is -1.00. The van der Waals surface area contributed by atoms with Crippen molar-refractivity contribution < 1.29 is 4.79 Å². The van der Waals surface area contributed by atoms with E-state index in [0.29, 0.717) is 6.54 Å². The van der Waals surface area contributed by atoms with Gasteiger partial charge in [0.15, 0.2) is 0 Å². The van der Waals surface area contributed by atoms with Gasteiger partial charge in [-0.15, -0.1) is 0 Å². The summed E-state index contributed by atoms with van der Waals surface area (Å²) < 4.78 is 0. The molecule has 0 heterocycles. The second-order valence-corrected chi connectivity index (χ2v) is 5.59. The van der Waals surface area contributed by atoms with E-state index in [2.05, 4.69) is 12.2 Å². The first-order chi connectivity index (χ1) is 8.69. The molecular weight excluding hydrogens is 244 g/mol. The molecule has 0 aliphatic rings. The van der Waals surface area contributed by atoms with Gasteiger partial charge in [0, 0.05) is 18.3 Å². The van der Waals surface area contributed by atoms with Gasteiger partial charge < -0.3 is 11.1 Å². The maximum Gasteiger partial charge on any atom is 0.229 e. The summed E-state index contributed by atoms with van der Waals surface area (Å²) >= 11 is 1.83. The molecule has 18 heavy (non-hydrogen) atoms. The molecule has 1 aromatic rings. The third-order valence-corrected chi connectivity index (χ3v) is 3.86. The minimum absolute atomic E-state index is 0.0212. The van der Waals surface area contributed by atoms with Crippen molar-refractivity contribution in [2.24, 2.45) is 5.73 Å². The predicted molar refractivity (Wildman–Crippen MR) is 78.8 cm³/mol. The van der Waals surface area contributed by atoms with Gasteiger partial charge in [-0.3, -0.25) is 4.79 Å². The maximum atomic E-state index is 12.1. The first kappa shape index (κ1) is 15.1. The van der Waals surface area contributed by atoms with Crippen LogP contribution in [0.4, 0.5) is 0 Å². The van der Waals surface area contributed by atoms with Crippen molar-refractivity contribution in [3.63, 3.8) is 0 Å². The lowest BCUT2D eigenvalue weighted by atomic mass is 9.98. The molecular formula is C14H22N2OS. The molecule has 1 rings (SSSR count). The van der Waals surface area contributed by atoms with Crippen LogP contribution in [0.25, 0.3) is 0 Å². The minimum Gasteiger partial charge on any atom is -0.352 e. The average molecular weight is 266 g/mol. The SMILES string of the molecule is CCSCC(C)NC(=O)C(CN)c1ccccc1. The molecule has 2 atom stereocenters. The zero-order chi connectivity index (χ0) is 13.4. The van der Waals surface area contributed by atoms with Gasteiger partial charge in [0.05, 0.1) is 5.92 Å². The summed E-state index contributed by atoms with van der Waals surface area (Å²) in [5.74, 6) is 1.78. The van der Waals surface area contributed by atoms with Gasteiger partial charge in [0.1, 0.15) is 0 Å². The molecule has 4 heteroatoms. The number of rotatable bonds is 7. The standard InChI is InChI=1S/C14H22N2OS/c1-3-18-10-11(2)16-14(17)13(9-15)12-7-5-4-6-8-12/h4-8,11,13H,3,9-10,15H2,1-2H3,(H,16,17). The highest BCUT2D eigenvalue weighted by Crippen LogP contribution is 2.14. The second kappa shape index (κ2) is 8.16. The van der Waals surface area contributed by atoms with Crippen LogP contribution in [0.15, 0.2) is 30.3 Å². The third kappa shape index (κ3) is 4.70. The molecule has 1 amide bonds. The molecule has 0 fully saturated rings. The lowest BCUT2D eigenvalue weighted by Crippen LogP contribution is -2.40. The Labute approximate surface area is 114 Å². The molecule has 0 saturated carbocycles. The number of carbonyl (C=O) groups is 1. The average Bonchev–Trinajstić information content (AvgIpc) is 2.38. The van der Waals surface area contributed by atoms with E-state index < -0.39 is 0 Å². The molecule has 0 aromatic heterocycles. The normalized spacial score (nSPS) is 13.9. The number of amides is 1. The van der Waals surface area contributed by atoms with Crippen molar-refractivity contribution in [3.8, 4) is 0 Å². The van der Waals surface area contributed by atoms with Gasteiger partial charge in [0.2, 0.25) is 5.91 Å². The summed E-state index contributed by atoms with van der Waals surface area (Å²) in [5, 5.41) is 3.02. The smallest absolute Gasteiger partial charge is 0.229 e. The number of nitrogens with two attached hydrogens (primary N) is 1. The number of carbonyl (C=O) groups excluding carboxylic acids is 1. The highest BCUT2D eigenvalue weighted by Gasteiger charge is 2.19. The minimum atomic E-state index is -0.250. The van der Waals surface area contributed by atoms with Gasteiger partial charge in [-0.05, 0) is 18.2 Å². The van der Waals surface area contributed by atoms with Gasteiger partial charge in [-0.25, -0.2) is 0 Å². The monoisotopic (exact) mass is 266 g/mol. The van der Waals surface area contributed by atoms with E-state index in [1.165, 1.54) is 0 Å². The number of hydrogen-bond donors (Lipinski definition) is 2. The van der Waals surface area contributed by atoms with Crippen molar-refractivity contribution in [2.75, 3.05) is 18.1 Å². The summed E-state index contributed by atoms with van der Waals surface area (Å²) in [6.45, 7) is 4.48. The number of benzene rings is 1. The fourth-order valence-electron chi connectivity index (χ4n) is 1.76. The molecule has 0 aliphatic carbocycles. The largest absolute Gasteiger partial charge is 0.352 e. The van der Waals surface area contributed by atoms with E-state index in [0.717, 1.165) is 17.1 Å². The Kier molecular flexibility index (Phi) is 6.83. The van der Waals surface area contributed by atoms with E-state index >= 15 is 0 Å². The van der Waals surface area contributed by atoms with Crippen LogP contribution in [0, 0.1) is 0 Å². The van der Waals surface area contributed by atoms with Gasteiger partial charge in [-0.2, -0.15) is 11.8 Å². The summed E-state index contributed by atoms with van der Waals surface area (Å²) in [4.78, 5) is 12.1. The topological polar surface area (TPSA) is 55.1 Å². The Bertz CT molecular complexity index is 356. The molecule has 0 bridgehead atoms. The quantitative estimate of drug-likeness (QED) is 0.793. The van der Waals surface area contributed by atoms with Crippen LogP contribution in [0.2, 0.25) is 0 Å². The van der Waals surface area contributed by atoms with E-state index in [9.17, 15) is 4.79 Å². The fourth-order valence-corrected chi connectivity index (χ4v) is 2.43.